The van der Waals surface area contributed by atoms with Gasteiger partial charge in [-0.25, -0.2) is 4.79 Å². The molecule has 3 amide bonds. The maximum atomic E-state index is 14.0. The summed E-state index contributed by atoms with van der Waals surface area (Å²) < 4.78 is 9.92. The van der Waals surface area contributed by atoms with Crippen LogP contribution in [0.3, 0.4) is 0 Å². The van der Waals surface area contributed by atoms with Gasteiger partial charge in [-0.3, -0.25) is 19.3 Å². The van der Waals surface area contributed by atoms with Gasteiger partial charge in [-0.2, -0.15) is 0 Å². The Kier molecular flexibility index (Phi) is 15.0. The van der Waals surface area contributed by atoms with Gasteiger partial charge >= 0.3 is 5.97 Å². The van der Waals surface area contributed by atoms with Crippen molar-refractivity contribution in [1.29, 1.82) is 0 Å². The van der Waals surface area contributed by atoms with Gasteiger partial charge in [-0.1, -0.05) is 47.1 Å². The second kappa shape index (κ2) is 16.9. The molecular formula is C31H56N4O6. The molecule has 1 saturated heterocycles. The molecule has 0 spiro atoms. The van der Waals surface area contributed by atoms with Crippen LogP contribution in [0.1, 0.15) is 87.5 Å². The first kappa shape index (κ1) is 36.6. The first-order valence-electron chi connectivity index (χ1n) is 15.0. The predicted molar refractivity (Wildman–Crippen MR) is 161 cm³/mol. The number of esters is 1. The van der Waals surface area contributed by atoms with E-state index in [0.29, 0.717) is 25.0 Å². The number of ether oxygens (including phenoxy) is 2. The van der Waals surface area contributed by atoms with E-state index in [1.807, 2.05) is 34.6 Å². The van der Waals surface area contributed by atoms with E-state index in [1.165, 1.54) is 7.11 Å². The molecule has 0 radical (unpaired) electrons. The monoisotopic (exact) mass is 580 g/mol. The molecule has 0 aromatic rings. The second-order valence-corrected chi connectivity index (χ2v) is 12.9. The van der Waals surface area contributed by atoms with Crippen molar-refractivity contribution in [3.05, 3.63) is 11.6 Å². The normalized spacial score (nSPS) is 19.0. The topological polar surface area (TPSA) is 117 Å². The molecule has 0 aromatic carbocycles. The van der Waals surface area contributed by atoms with E-state index >= 15 is 0 Å². The minimum Gasteiger partial charge on any atom is -0.467 e. The summed E-state index contributed by atoms with van der Waals surface area (Å²) in [6, 6.07) is -1.98. The number of nitrogens with zero attached hydrogens (tertiary/aromatic N) is 2. The Hall–Kier alpha value is -2.46. The van der Waals surface area contributed by atoms with Crippen LogP contribution in [0.15, 0.2) is 11.6 Å². The maximum Gasteiger partial charge on any atom is 0.328 e. The van der Waals surface area contributed by atoms with Crippen molar-refractivity contribution < 1.29 is 28.7 Å². The average Bonchev–Trinajstić information content (AvgIpc) is 2.91. The molecule has 1 aliphatic heterocycles. The van der Waals surface area contributed by atoms with E-state index in [2.05, 4.69) is 29.4 Å². The number of likely N-dealkylation sites (N-methyl/N-ethyl adjacent to an activating group) is 1. The number of rotatable bonds is 14. The second-order valence-electron chi connectivity index (χ2n) is 12.9. The molecule has 4 atom stereocenters. The highest BCUT2D eigenvalue weighted by Gasteiger charge is 2.40. The van der Waals surface area contributed by atoms with Crippen LogP contribution in [-0.2, 0) is 28.7 Å². The molecule has 0 aromatic heterocycles. The van der Waals surface area contributed by atoms with Crippen LogP contribution >= 0.6 is 0 Å². The Balaban J connectivity index is 3.16. The van der Waals surface area contributed by atoms with Gasteiger partial charge in [0.05, 0.1) is 19.2 Å². The fourth-order valence-corrected chi connectivity index (χ4v) is 5.27. The first-order chi connectivity index (χ1) is 19.1. The summed E-state index contributed by atoms with van der Waals surface area (Å²) in [6.45, 7) is 17.0. The number of methoxy groups -OCH3 is 2. The van der Waals surface area contributed by atoms with E-state index in [4.69, 9.17) is 9.47 Å². The van der Waals surface area contributed by atoms with Crippen molar-refractivity contribution in [1.82, 2.24) is 20.4 Å². The molecule has 0 bridgehead atoms. The summed E-state index contributed by atoms with van der Waals surface area (Å²) in [5.41, 5.74) is -0.151. The summed E-state index contributed by atoms with van der Waals surface area (Å²) in [5, 5.41) is 5.86. The van der Waals surface area contributed by atoms with Crippen molar-refractivity contribution in [2.24, 2.45) is 11.3 Å². The smallest absolute Gasteiger partial charge is 0.328 e. The molecule has 41 heavy (non-hydrogen) atoms. The SMILES string of the molecule is COCCC[C@@H](NC(=O)/C(C)=C/[C@H](C(C)C)N(C)C(=O)[C@@H](NC(=O)[C@H]1CCCCN1C(C)C)C(C)(C)C)C(=O)OC. The van der Waals surface area contributed by atoms with Gasteiger partial charge in [0, 0.05) is 32.4 Å². The summed E-state index contributed by atoms with van der Waals surface area (Å²) in [5.74, 6) is -1.28. The highest BCUT2D eigenvalue weighted by atomic mass is 16.5. The molecule has 1 heterocycles. The molecular weight excluding hydrogens is 524 g/mol. The van der Waals surface area contributed by atoms with Crippen molar-refractivity contribution in [2.75, 3.05) is 34.4 Å². The van der Waals surface area contributed by atoms with Crippen molar-refractivity contribution >= 4 is 23.7 Å². The number of carbonyl (C=O) groups excluding carboxylic acids is 4. The summed E-state index contributed by atoms with van der Waals surface area (Å²) in [7, 11) is 4.58. The zero-order valence-corrected chi connectivity index (χ0v) is 27.3. The molecule has 1 rings (SSSR count). The number of likely N-dealkylation sites (tertiary alicyclic amines) is 1. The maximum absolute atomic E-state index is 14.0. The Morgan fingerprint density at radius 1 is 1.05 bits per heavy atom. The van der Waals surface area contributed by atoms with E-state index in [-0.39, 0.29) is 29.8 Å². The van der Waals surface area contributed by atoms with Crippen LogP contribution in [0.5, 0.6) is 0 Å². The molecule has 236 valence electrons. The van der Waals surface area contributed by atoms with Gasteiger partial charge in [-0.15, -0.1) is 0 Å². The molecule has 0 aliphatic carbocycles. The van der Waals surface area contributed by atoms with Crippen LogP contribution in [0.4, 0.5) is 0 Å². The zero-order valence-electron chi connectivity index (χ0n) is 27.3. The molecule has 0 unspecified atom stereocenters. The first-order valence-corrected chi connectivity index (χ1v) is 15.0. The molecule has 2 N–H and O–H groups in total. The third kappa shape index (κ3) is 11.0. The van der Waals surface area contributed by atoms with Crippen molar-refractivity contribution in [3.8, 4) is 0 Å². The Morgan fingerprint density at radius 3 is 2.20 bits per heavy atom. The number of amides is 3. The lowest BCUT2D eigenvalue weighted by Gasteiger charge is -2.41. The highest BCUT2D eigenvalue weighted by Crippen LogP contribution is 2.26. The van der Waals surface area contributed by atoms with Gasteiger partial charge < -0.3 is 25.0 Å². The fraction of sp³-hybridized carbons (Fsp3) is 0.806. The molecule has 10 nitrogen and oxygen atoms in total. The van der Waals surface area contributed by atoms with Crippen LogP contribution in [0, 0.1) is 11.3 Å². The number of hydrogen-bond acceptors (Lipinski definition) is 7. The van der Waals surface area contributed by atoms with Gasteiger partial charge in [0.2, 0.25) is 17.7 Å². The lowest BCUT2D eigenvalue weighted by atomic mass is 9.84. The Morgan fingerprint density at radius 2 is 1.68 bits per heavy atom. The summed E-state index contributed by atoms with van der Waals surface area (Å²) >= 11 is 0. The minimum atomic E-state index is -0.798. The summed E-state index contributed by atoms with van der Waals surface area (Å²) in [4.78, 5) is 56.6. The number of carbonyl (C=O) groups is 4. The minimum absolute atomic E-state index is 0.0177. The third-order valence-electron chi connectivity index (χ3n) is 7.80. The van der Waals surface area contributed by atoms with E-state index in [0.717, 1.165) is 25.8 Å². The molecule has 1 aliphatic rings. The van der Waals surface area contributed by atoms with Crippen LogP contribution < -0.4 is 10.6 Å². The lowest BCUT2D eigenvalue weighted by molar-refractivity contribution is -0.145. The van der Waals surface area contributed by atoms with Crippen LogP contribution in [-0.4, -0.2) is 98.1 Å². The number of piperidine rings is 1. The highest BCUT2D eigenvalue weighted by molar-refractivity contribution is 5.96. The lowest BCUT2D eigenvalue weighted by Crippen LogP contribution is -2.60. The van der Waals surface area contributed by atoms with Gasteiger partial charge in [0.25, 0.3) is 0 Å². The number of hydrogen-bond donors (Lipinski definition) is 2. The van der Waals surface area contributed by atoms with Gasteiger partial charge in [0.1, 0.15) is 12.1 Å². The average molecular weight is 581 g/mol. The molecule has 0 saturated carbocycles. The largest absolute Gasteiger partial charge is 0.467 e. The van der Waals surface area contributed by atoms with E-state index in [1.54, 1.807) is 32.1 Å². The standard InChI is InChI=1S/C31H56N4O6/c1-20(2)25(19-22(5)27(36)32-23(30(39)41-11)15-14-18-40-10)34(9)29(38)26(31(6,7)8)33-28(37)24-16-12-13-17-35(24)21(3)4/h19-21,23-26H,12-18H2,1-11H3,(H,32,36)(H,33,37)/b22-19+/t23-,24-,25-,26-/m1/s1. The fourth-order valence-electron chi connectivity index (χ4n) is 5.27. The Labute approximate surface area is 247 Å². The molecule has 1 fully saturated rings. The predicted octanol–water partition coefficient (Wildman–Crippen LogP) is 3.29. The van der Waals surface area contributed by atoms with Crippen LogP contribution in [0.2, 0.25) is 0 Å². The van der Waals surface area contributed by atoms with Gasteiger partial charge in [0.15, 0.2) is 0 Å². The Bertz CT molecular complexity index is 911. The molecule has 10 heteroatoms. The quantitative estimate of drug-likeness (QED) is 0.184. The summed E-state index contributed by atoms with van der Waals surface area (Å²) in [6.07, 6.45) is 5.54. The third-order valence-corrected chi connectivity index (χ3v) is 7.80. The van der Waals surface area contributed by atoms with E-state index in [9.17, 15) is 19.2 Å². The van der Waals surface area contributed by atoms with Crippen molar-refractivity contribution in [3.63, 3.8) is 0 Å². The van der Waals surface area contributed by atoms with E-state index < -0.39 is 35.4 Å². The zero-order chi connectivity index (χ0) is 31.5. The van der Waals surface area contributed by atoms with Crippen molar-refractivity contribution in [2.45, 2.75) is 118 Å². The van der Waals surface area contributed by atoms with Gasteiger partial charge in [-0.05, 0) is 64.3 Å². The van der Waals surface area contributed by atoms with Crippen LogP contribution in [0.25, 0.3) is 0 Å². The number of nitrogens with one attached hydrogen (secondary N) is 2.